The average molecular weight is 452 g/mol. The van der Waals surface area contributed by atoms with Gasteiger partial charge in [-0.05, 0) is 43.4 Å². The second-order valence-electron chi connectivity index (χ2n) is 8.51. The highest BCUT2D eigenvalue weighted by atomic mass is 16.5. The molecule has 2 fully saturated rings. The van der Waals surface area contributed by atoms with Crippen molar-refractivity contribution in [1.82, 2.24) is 20.5 Å². The molecule has 3 heterocycles. The Labute approximate surface area is 195 Å². The predicted molar refractivity (Wildman–Crippen MR) is 127 cm³/mol. The molecule has 2 aliphatic rings. The molecule has 0 bridgehead atoms. The molecule has 0 unspecified atom stereocenters. The number of benzene rings is 1. The number of aromatic nitrogens is 1. The van der Waals surface area contributed by atoms with Crippen LogP contribution >= 0.6 is 0 Å². The van der Waals surface area contributed by atoms with E-state index in [4.69, 9.17) is 4.74 Å². The SMILES string of the molecule is O=C(NC[C@@H]1CCCO1)c1cccnc1N1CCN(C(=O)NCCCc2ccccc2)CC1. The summed E-state index contributed by atoms with van der Waals surface area (Å²) in [6.07, 6.45) is 5.70. The Morgan fingerprint density at radius 3 is 2.61 bits per heavy atom. The van der Waals surface area contributed by atoms with Gasteiger partial charge in [0.1, 0.15) is 5.82 Å². The van der Waals surface area contributed by atoms with E-state index in [1.807, 2.05) is 23.1 Å². The lowest BCUT2D eigenvalue weighted by molar-refractivity contribution is 0.0857. The fourth-order valence-electron chi connectivity index (χ4n) is 4.30. The lowest BCUT2D eigenvalue weighted by atomic mass is 10.1. The maximum absolute atomic E-state index is 12.8. The summed E-state index contributed by atoms with van der Waals surface area (Å²) >= 11 is 0. The Bertz CT molecular complexity index is 909. The van der Waals surface area contributed by atoms with Crippen LogP contribution in [0.3, 0.4) is 0 Å². The summed E-state index contributed by atoms with van der Waals surface area (Å²) in [5, 5.41) is 6.01. The van der Waals surface area contributed by atoms with Crippen LogP contribution in [0.15, 0.2) is 48.7 Å². The van der Waals surface area contributed by atoms with E-state index in [2.05, 4.69) is 32.7 Å². The van der Waals surface area contributed by atoms with E-state index in [-0.39, 0.29) is 18.0 Å². The van der Waals surface area contributed by atoms with E-state index >= 15 is 0 Å². The first-order valence-electron chi connectivity index (χ1n) is 11.9. The molecule has 1 atom stereocenters. The number of ether oxygens (including phenoxy) is 1. The van der Waals surface area contributed by atoms with Gasteiger partial charge in [0.25, 0.3) is 5.91 Å². The first kappa shape index (κ1) is 23.0. The summed E-state index contributed by atoms with van der Waals surface area (Å²) in [4.78, 5) is 33.7. The molecule has 176 valence electrons. The fraction of sp³-hybridized carbons (Fsp3) is 0.480. The van der Waals surface area contributed by atoms with Gasteiger partial charge in [0, 0.05) is 52.1 Å². The smallest absolute Gasteiger partial charge is 0.317 e. The number of aryl methyl sites for hydroxylation is 1. The number of pyridine rings is 1. The molecule has 2 aromatic rings. The van der Waals surface area contributed by atoms with E-state index in [1.54, 1.807) is 18.3 Å². The normalized spacial score (nSPS) is 18.2. The zero-order valence-corrected chi connectivity index (χ0v) is 19.0. The van der Waals surface area contributed by atoms with Gasteiger partial charge in [0.05, 0.1) is 11.7 Å². The van der Waals surface area contributed by atoms with Gasteiger partial charge in [-0.2, -0.15) is 0 Å². The van der Waals surface area contributed by atoms with Crippen molar-refractivity contribution >= 4 is 17.8 Å². The second kappa shape index (κ2) is 11.7. The molecule has 0 saturated carbocycles. The molecule has 4 rings (SSSR count). The van der Waals surface area contributed by atoms with E-state index in [0.29, 0.717) is 50.6 Å². The minimum Gasteiger partial charge on any atom is -0.376 e. The van der Waals surface area contributed by atoms with Gasteiger partial charge >= 0.3 is 6.03 Å². The second-order valence-corrected chi connectivity index (χ2v) is 8.51. The van der Waals surface area contributed by atoms with Crippen LogP contribution in [0.2, 0.25) is 0 Å². The quantitative estimate of drug-likeness (QED) is 0.602. The van der Waals surface area contributed by atoms with Crippen LogP contribution in [0.5, 0.6) is 0 Å². The molecule has 1 aromatic heterocycles. The van der Waals surface area contributed by atoms with Crippen LogP contribution in [0.4, 0.5) is 10.6 Å². The molecule has 2 saturated heterocycles. The zero-order valence-electron chi connectivity index (χ0n) is 19.0. The summed E-state index contributed by atoms with van der Waals surface area (Å²) in [7, 11) is 0. The lowest BCUT2D eigenvalue weighted by Crippen LogP contribution is -2.52. The molecule has 8 nitrogen and oxygen atoms in total. The summed E-state index contributed by atoms with van der Waals surface area (Å²) in [5.74, 6) is 0.539. The first-order chi connectivity index (χ1) is 16.2. The van der Waals surface area contributed by atoms with Crippen molar-refractivity contribution in [3.8, 4) is 0 Å². The van der Waals surface area contributed by atoms with Gasteiger partial charge in [-0.3, -0.25) is 4.79 Å². The van der Waals surface area contributed by atoms with Crippen molar-refractivity contribution in [3.63, 3.8) is 0 Å². The number of rotatable bonds is 8. The molecule has 2 aliphatic heterocycles. The van der Waals surface area contributed by atoms with Gasteiger partial charge in [0.15, 0.2) is 0 Å². The van der Waals surface area contributed by atoms with Crippen LogP contribution in [0, 0.1) is 0 Å². The third kappa shape index (κ3) is 6.44. The molecular formula is C25H33N5O3. The fourth-order valence-corrected chi connectivity index (χ4v) is 4.30. The summed E-state index contributed by atoms with van der Waals surface area (Å²) in [6.45, 7) is 4.41. The number of amides is 3. The van der Waals surface area contributed by atoms with E-state index in [0.717, 1.165) is 32.3 Å². The van der Waals surface area contributed by atoms with Crippen LogP contribution in [0.1, 0.15) is 35.2 Å². The summed E-state index contributed by atoms with van der Waals surface area (Å²) < 4.78 is 5.59. The number of hydrogen-bond donors (Lipinski definition) is 2. The van der Waals surface area contributed by atoms with Gasteiger partial charge < -0.3 is 25.2 Å². The van der Waals surface area contributed by atoms with Gasteiger partial charge in [-0.15, -0.1) is 0 Å². The van der Waals surface area contributed by atoms with Crippen molar-refractivity contribution in [1.29, 1.82) is 0 Å². The van der Waals surface area contributed by atoms with Gasteiger partial charge in [-0.1, -0.05) is 30.3 Å². The Kier molecular flexibility index (Phi) is 8.14. The number of carbonyl (C=O) groups is 2. The third-order valence-electron chi connectivity index (χ3n) is 6.17. The number of anilines is 1. The monoisotopic (exact) mass is 451 g/mol. The minimum absolute atomic E-state index is 0.0294. The maximum Gasteiger partial charge on any atom is 0.317 e. The highest BCUT2D eigenvalue weighted by Gasteiger charge is 2.25. The Balaban J connectivity index is 1.23. The average Bonchev–Trinajstić information content (AvgIpc) is 3.40. The Morgan fingerprint density at radius 2 is 1.85 bits per heavy atom. The van der Waals surface area contributed by atoms with Crippen molar-refractivity contribution in [2.45, 2.75) is 31.8 Å². The standard InChI is InChI=1S/C25H33N5O3/c31-24(28-19-21-10-6-18-33-21)22-11-5-12-26-23(22)29-14-16-30(17-15-29)25(32)27-13-4-9-20-7-2-1-3-8-20/h1-3,5,7-8,11-12,21H,4,6,9-10,13-19H2,(H,27,32)(H,28,31)/t21-/m0/s1. The Hall–Kier alpha value is -3.13. The molecular weight excluding hydrogens is 418 g/mol. The number of nitrogens with zero attached hydrogens (tertiary/aromatic N) is 3. The highest BCUT2D eigenvalue weighted by Crippen LogP contribution is 2.19. The summed E-state index contributed by atoms with van der Waals surface area (Å²) in [6, 6.07) is 13.9. The van der Waals surface area contributed by atoms with Crippen LogP contribution < -0.4 is 15.5 Å². The molecule has 0 radical (unpaired) electrons. The van der Waals surface area contributed by atoms with E-state index in [1.165, 1.54) is 5.56 Å². The zero-order chi connectivity index (χ0) is 22.9. The molecule has 0 aliphatic carbocycles. The van der Waals surface area contributed by atoms with Gasteiger partial charge in [-0.25, -0.2) is 9.78 Å². The largest absolute Gasteiger partial charge is 0.376 e. The molecule has 0 spiro atoms. The minimum atomic E-state index is -0.132. The van der Waals surface area contributed by atoms with Crippen LogP contribution in [-0.2, 0) is 11.2 Å². The highest BCUT2D eigenvalue weighted by molar-refractivity contribution is 5.99. The first-order valence-corrected chi connectivity index (χ1v) is 11.9. The lowest BCUT2D eigenvalue weighted by Gasteiger charge is -2.36. The predicted octanol–water partition coefficient (Wildman–Crippen LogP) is 2.45. The molecule has 2 N–H and O–H groups in total. The molecule has 8 heteroatoms. The number of urea groups is 1. The topological polar surface area (TPSA) is 86.8 Å². The van der Waals surface area contributed by atoms with Crippen LogP contribution in [-0.4, -0.2) is 73.8 Å². The Morgan fingerprint density at radius 1 is 1.03 bits per heavy atom. The number of hydrogen-bond acceptors (Lipinski definition) is 5. The van der Waals surface area contributed by atoms with Crippen LogP contribution in [0.25, 0.3) is 0 Å². The number of nitrogens with one attached hydrogen (secondary N) is 2. The van der Waals surface area contributed by atoms with E-state index in [9.17, 15) is 9.59 Å². The van der Waals surface area contributed by atoms with Crippen molar-refractivity contribution < 1.29 is 14.3 Å². The third-order valence-corrected chi connectivity index (χ3v) is 6.17. The van der Waals surface area contributed by atoms with Crippen molar-refractivity contribution in [2.75, 3.05) is 50.8 Å². The summed E-state index contributed by atoms with van der Waals surface area (Å²) in [5.41, 5.74) is 1.85. The van der Waals surface area contributed by atoms with Crippen molar-refractivity contribution in [3.05, 3.63) is 59.8 Å². The number of piperazine rings is 1. The van der Waals surface area contributed by atoms with Gasteiger partial charge in [0.2, 0.25) is 0 Å². The maximum atomic E-state index is 12.8. The number of carbonyl (C=O) groups excluding carboxylic acids is 2. The van der Waals surface area contributed by atoms with Crippen molar-refractivity contribution in [2.24, 2.45) is 0 Å². The molecule has 1 aromatic carbocycles. The molecule has 3 amide bonds. The molecule has 33 heavy (non-hydrogen) atoms. The van der Waals surface area contributed by atoms with E-state index < -0.39 is 0 Å².